The topological polar surface area (TPSA) is 23.8 Å². The summed E-state index contributed by atoms with van der Waals surface area (Å²) in [6.45, 7) is 0. The number of nitrogens with zero attached hydrogens (tertiary/aromatic N) is 1. The molecular formula is C19H12F3N. The maximum Gasteiger partial charge on any atom is 0.416 e. The Morgan fingerprint density at radius 1 is 1.04 bits per heavy atom. The zero-order valence-electron chi connectivity index (χ0n) is 12.1. The van der Waals surface area contributed by atoms with E-state index in [0.29, 0.717) is 11.1 Å². The molecule has 2 aromatic carbocycles. The molecule has 0 amide bonds. The molecule has 3 rings (SSSR count). The second-order valence-corrected chi connectivity index (χ2v) is 5.27. The normalized spacial score (nSPS) is 14.2. The molecule has 114 valence electrons. The SMILES string of the molecule is N#C/C(=C\c1ccc(C(F)(F)F)cc1)C1=CCc2ccccc21. The summed E-state index contributed by atoms with van der Waals surface area (Å²) in [5.74, 6) is 0. The van der Waals surface area contributed by atoms with E-state index in [1.54, 1.807) is 6.08 Å². The highest BCUT2D eigenvalue weighted by Gasteiger charge is 2.29. The lowest BCUT2D eigenvalue weighted by atomic mass is 9.98. The number of allylic oxidation sites excluding steroid dienone is 3. The molecular weight excluding hydrogens is 299 g/mol. The Bertz CT molecular complexity index is 834. The molecule has 0 N–H and O–H groups in total. The molecule has 0 radical (unpaired) electrons. The van der Waals surface area contributed by atoms with Gasteiger partial charge in [0.15, 0.2) is 0 Å². The van der Waals surface area contributed by atoms with Gasteiger partial charge in [0, 0.05) is 0 Å². The molecule has 1 nitrogen and oxygen atoms in total. The molecule has 0 unspecified atom stereocenters. The Morgan fingerprint density at radius 3 is 2.39 bits per heavy atom. The largest absolute Gasteiger partial charge is 0.416 e. The van der Waals surface area contributed by atoms with Crippen molar-refractivity contribution in [2.75, 3.05) is 0 Å². The summed E-state index contributed by atoms with van der Waals surface area (Å²) in [5.41, 5.74) is 3.32. The van der Waals surface area contributed by atoms with Gasteiger partial charge in [0.05, 0.1) is 17.2 Å². The highest BCUT2D eigenvalue weighted by atomic mass is 19.4. The maximum absolute atomic E-state index is 12.6. The van der Waals surface area contributed by atoms with Gasteiger partial charge in [0.25, 0.3) is 0 Å². The minimum absolute atomic E-state index is 0.453. The highest BCUT2D eigenvalue weighted by Crippen LogP contribution is 2.34. The lowest BCUT2D eigenvalue weighted by Gasteiger charge is -2.07. The Morgan fingerprint density at radius 2 is 1.74 bits per heavy atom. The number of fused-ring (bicyclic) bond motifs is 1. The van der Waals surface area contributed by atoms with Crippen molar-refractivity contribution < 1.29 is 13.2 Å². The van der Waals surface area contributed by atoms with E-state index in [0.717, 1.165) is 35.3 Å². The van der Waals surface area contributed by atoms with Crippen molar-refractivity contribution in [3.8, 4) is 6.07 Å². The van der Waals surface area contributed by atoms with Crippen molar-refractivity contribution in [2.45, 2.75) is 12.6 Å². The molecule has 0 saturated heterocycles. The maximum atomic E-state index is 12.6. The standard InChI is InChI=1S/C19H12F3N/c20-19(21,22)16-8-5-13(6-9-16)11-15(12-23)18-10-7-14-3-1-2-4-17(14)18/h1-6,8-11H,7H2/b15-11+. The van der Waals surface area contributed by atoms with Crippen molar-refractivity contribution in [3.05, 3.63) is 82.4 Å². The fourth-order valence-corrected chi connectivity index (χ4v) is 2.64. The summed E-state index contributed by atoms with van der Waals surface area (Å²) in [6, 6.07) is 14.8. The van der Waals surface area contributed by atoms with Gasteiger partial charge < -0.3 is 0 Å². The average molecular weight is 311 g/mol. The zero-order valence-corrected chi connectivity index (χ0v) is 12.1. The minimum Gasteiger partial charge on any atom is -0.192 e. The van der Waals surface area contributed by atoms with Crippen molar-refractivity contribution in [1.29, 1.82) is 5.26 Å². The van der Waals surface area contributed by atoms with Gasteiger partial charge in [0.1, 0.15) is 0 Å². The van der Waals surface area contributed by atoms with Crippen LogP contribution < -0.4 is 0 Å². The molecule has 0 saturated carbocycles. The van der Waals surface area contributed by atoms with Gasteiger partial charge in [-0.05, 0) is 46.9 Å². The van der Waals surface area contributed by atoms with Gasteiger partial charge >= 0.3 is 6.18 Å². The van der Waals surface area contributed by atoms with Crippen LogP contribution in [0, 0.1) is 11.3 Å². The van der Waals surface area contributed by atoms with Gasteiger partial charge in [-0.3, -0.25) is 0 Å². The predicted molar refractivity (Wildman–Crippen MR) is 83.2 cm³/mol. The van der Waals surface area contributed by atoms with E-state index in [1.165, 1.54) is 12.1 Å². The molecule has 1 aliphatic carbocycles. The fraction of sp³-hybridized carbons (Fsp3) is 0.105. The van der Waals surface area contributed by atoms with Gasteiger partial charge in [-0.15, -0.1) is 0 Å². The van der Waals surface area contributed by atoms with E-state index in [9.17, 15) is 18.4 Å². The first-order valence-electron chi connectivity index (χ1n) is 7.07. The molecule has 0 atom stereocenters. The molecule has 0 aromatic heterocycles. The number of benzene rings is 2. The van der Waals surface area contributed by atoms with Crippen LogP contribution in [0.5, 0.6) is 0 Å². The van der Waals surface area contributed by atoms with Crippen LogP contribution in [0.1, 0.15) is 22.3 Å². The van der Waals surface area contributed by atoms with E-state index in [4.69, 9.17) is 0 Å². The Labute approximate surface area is 132 Å². The summed E-state index contributed by atoms with van der Waals surface area (Å²) in [4.78, 5) is 0. The number of hydrogen-bond donors (Lipinski definition) is 0. The first kappa shape index (κ1) is 15.1. The fourth-order valence-electron chi connectivity index (χ4n) is 2.64. The first-order valence-corrected chi connectivity index (χ1v) is 7.07. The van der Waals surface area contributed by atoms with Crippen molar-refractivity contribution in [1.82, 2.24) is 0 Å². The summed E-state index contributed by atoms with van der Waals surface area (Å²) >= 11 is 0. The molecule has 0 aliphatic heterocycles. The van der Waals surface area contributed by atoms with Gasteiger partial charge in [-0.2, -0.15) is 18.4 Å². The highest BCUT2D eigenvalue weighted by molar-refractivity contribution is 5.91. The van der Waals surface area contributed by atoms with Crippen LogP contribution in [-0.2, 0) is 12.6 Å². The van der Waals surface area contributed by atoms with Crippen LogP contribution in [0.3, 0.4) is 0 Å². The number of halogens is 3. The first-order chi connectivity index (χ1) is 11.0. The minimum atomic E-state index is -4.35. The van der Waals surface area contributed by atoms with Crippen molar-refractivity contribution >= 4 is 11.6 Å². The number of nitriles is 1. The lowest BCUT2D eigenvalue weighted by molar-refractivity contribution is -0.137. The van der Waals surface area contributed by atoms with E-state index in [2.05, 4.69) is 6.07 Å². The second-order valence-electron chi connectivity index (χ2n) is 5.27. The third-order valence-corrected chi connectivity index (χ3v) is 3.79. The average Bonchev–Trinajstić information content (AvgIpc) is 2.96. The second kappa shape index (κ2) is 5.77. The van der Waals surface area contributed by atoms with Crippen LogP contribution in [0.2, 0.25) is 0 Å². The monoisotopic (exact) mass is 311 g/mol. The van der Waals surface area contributed by atoms with Crippen molar-refractivity contribution in [3.63, 3.8) is 0 Å². The molecule has 0 bridgehead atoms. The third kappa shape index (κ3) is 3.04. The molecule has 1 aliphatic rings. The Balaban J connectivity index is 1.94. The third-order valence-electron chi connectivity index (χ3n) is 3.79. The number of rotatable bonds is 2. The summed E-state index contributed by atoms with van der Waals surface area (Å²) < 4.78 is 37.7. The predicted octanol–water partition coefficient (Wildman–Crippen LogP) is 5.25. The van der Waals surface area contributed by atoms with Crippen LogP contribution in [0.25, 0.3) is 11.6 Å². The summed E-state index contributed by atoms with van der Waals surface area (Å²) in [7, 11) is 0. The van der Waals surface area contributed by atoms with Crippen LogP contribution in [-0.4, -0.2) is 0 Å². The smallest absolute Gasteiger partial charge is 0.192 e. The van der Waals surface area contributed by atoms with Crippen LogP contribution >= 0.6 is 0 Å². The molecule has 0 spiro atoms. The molecule has 2 aromatic rings. The zero-order chi connectivity index (χ0) is 16.4. The Kier molecular flexibility index (Phi) is 3.79. The van der Waals surface area contributed by atoms with Crippen LogP contribution in [0.4, 0.5) is 13.2 Å². The van der Waals surface area contributed by atoms with E-state index in [1.807, 2.05) is 30.3 Å². The van der Waals surface area contributed by atoms with E-state index < -0.39 is 11.7 Å². The van der Waals surface area contributed by atoms with Gasteiger partial charge in [-0.1, -0.05) is 42.5 Å². The Hall–Kier alpha value is -2.80. The van der Waals surface area contributed by atoms with Crippen molar-refractivity contribution in [2.24, 2.45) is 0 Å². The molecule has 23 heavy (non-hydrogen) atoms. The lowest BCUT2D eigenvalue weighted by Crippen LogP contribution is -2.04. The van der Waals surface area contributed by atoms with Crippen LogP contribution in [0.15, 0.2) is 60.2 Å². The molecule has 0 heterocycles. The number of alkyl halides is 3. The summed E-state index contributed by atoms with van der Waals surface area (Å²) in [5, 5.41) is 9.42. The van der Waals surface area contributed by atoms with E-state index >= 15 is 0 Å². The van der Waals surface area contributed by atoms with E-state index in [-0.39, 0.29) is 0 Å². The van der Waals surface area contributed by atoms with Gasteiger partial charge in [0.2, 0.25) is 0 Å². The summed E-state index contributed by atoms with van der Waals surface area (Å²) in [6.07, 6.45) is 0.00263. The molecule has 4 heteroatoms. The number of hydrogen-bond acceptors (Lipinski definition) is 1. The van der Waals surface area contributed by atoms with Gasteiger partial charge in [-0.25, -0.2) is 0 Å². The quantitative estimate of drug-likeness (QED) is 0.695. The molecule has 0 fully saturated rings.